The Labute approximate surface area is 112 Å². The van der Waals surface area contributed by atoms with Crippen molar-refractivity contribution in [2.24, 2.45) is 0 Å². The fourth-order valence-corrected chi connectivity index (χ4v) is 3.63. The van der Waals surface area contributed by atoms with Gasteiger partial charge in [-0.1, -0.05) is 6.92 Å². The van der Waals surface area contributed by atoms with E-state index in [0.717, 1.165) is 25.4 Å². The second kappa shape index (κ2) is 5.93. The minimum Gasteiger partial charge on any atom is -0.336 e. The topological polar surface area (TPSA) is 52.7 Å². The van der Waals surface area contributed by atoms with Crippen molar-refractivity contribution in [3.8, 4) is 0 Å². The van der Waals surface area contributed by atoms with Crippen molar-refractivity contribution in [1.82, 2.24) is 15.1 Å². The van der Waals surface area contributed by atoms with E-state index in [4.69, 9.17) is 0 Å². The average Bonchev–Trinajstić information content (AvgIpc) is 2.86. The number of hydrogen-bond acceptors (Lipinski definition) is 4. The molecule has 0 aromatic rings. The third-order valence-corrected chi connectivity index (χ3v) is 4.59. The van der Waals surface area contributed by atoms with Crippen LogP contribution >= 0.6 is 11.8 Å². The molecule has 0 saturated carbocycles. The van der Waals surface area contributed by atoms with E-state index in [1.54, 1.807) is 16.7 Å². The predicted molar refractivity (Wildman–Crippen MR) is 72.3 cm³/mol. The van der Waals surface area contributed by atoms with E-state index in [2.05, 4.69) is 12.2 Å². The second-order valence-electron chi connectivity index (χ2n) is 4.82. The number of amides is 2. The summed E-state index contributed by atoms with van der Waals surface area (Å²) in [6.45, 7) is 6.33. The molecular weight excluding hydrogens is 250 g/mol. The largest absolute Gasteiger partial charge is 0.336 e. The van der Waals surface area contributed by atoms with Gasteiger partial charge in [0.25, 0.3) is 0 Å². The van der Waals surface area contributed by atoms with Gasteiger partial charge < -0.3 is 15.1 Å². The Morgan fingerprint density at radius 1 is 1.39 bits per heavy atom. The van der Waals surface area contributed by atoms with Crippen LogP contribution in [-0.2, 0) is 9.59 Å². The third-order valence-electron chi connectivity index (χ3n) is 3.57. The lowest BCUT2D eigenvalue weighted by Gasteiger charge is -2.37. The normalized spacial score (nSPS) is 28.6. The highest BCUT2D eigenvalue weighted by Gasteiger charge is 2.38. The number of rotatable bonds is 2. The van der Waals surface area contributed by atoms with E-state index < -0.39 is 0 Å². The van der Waals surface area contributed by atoms with E-state index in [0.29, 0.717) is 12.3 Å². The van der Waals surface area contributed by atoms with Crippen molar-refractivity contribution >= 4 is 23.6 Å². The van der Waals surface area contributed by atoms with Gasteiger partial charge in [-0.25, -0.2) is 0 Å². The molecule has 2 fully saturated rings. The van der Waals surface area contributed by atoms with Crippen LogP contribution in [0.2, 0.25) is 0 Å². The molecule has 0 spiro atoms. The highest BCUT2D eigenvalue weighted by Crippen LogP contribution is 2.24. The van der Waals surface area contributed by atoms with E-state index in [9.17, 15) is 9.59 Å². The lowest BCUT2D eigenvalue weighted by atomic mass is 10.1. The van der Waals surface area contributed by atoms with Gasteiger partial charge in [-0.05, 0) is 6.92 Å². The Hall–Kier alpha value is -0.750. The van der Waals surface area contributed by atoms with Crippen molar-refractivity contribution in [3.63, 3.8) is 0 Å². The Morgan fingerprint density at radius 2 is 2.17 bits per heavy atom. The molecular formula is C12H21N3O2S. The van der Waals surface area contributed by atoms with Gasteiger partial charge >= 0.3 is 0 Å². The van der Waals surface area contributed by atoms with Crippen LogP contribution in [0.3, 0.4) is 0 Å². The molecule has 5 nitrogen and oxygen atoms in total. The van der Waals surface area contributed by atoms with Crippen molar-refractivity contribution in [1.29, 1.82) is 0 Å². The molecule has 2 saturated heterocycles. The Balaban J connectivity index is 2.05. The number of carbonyl (C=O) groups excluding carboxylic acids is 2. The highest BCUT2D eigenvalue weighted by atomic mass is 32.2. The van der Waals surface area contributed by atoms with Crippen LogP contribution in [0.1, 0.15) is 20.3 Å². The van der Waals surface area contributed by atoms with Gasteiger partial charge in [0.2, 0.25) is 11.8 Å². The van der Waals surface area contributed by atoms with Gasteiger partial charge in [0.1, 0.15) is 6.04 Å². The van der Waals surface area contributed by atoms with Crippen molar-refractivity contribution in [3.05, 3.63) is 0 Å². The van der Waals surface area contributed by atoms with Gasteiger partial charge in [0.05, 0.1) is 5.88 Å². The minimum absolute atomic E-state index is 0.0844. The monoisotopic (exact) mass is 271 g/mol. The minimum atomic E-state index is -0.247. The molecule has 6 heteroatoms. The van der Waals surface area contributed by atoms with E-state index in [1.807, 2.05) is 11.8 Å². The molecule has 2 aliphatic rings. The van der Waals surface area contributed by atoms with Gasteiger partial charge in [-0.15, -0.1) is 11.8 Å². The Bertz CT molecular complexity index is 337. The van der Waals surface area contributed by atoms with Crippen molar-refractivity contribution in [2.75, 3.05) is 31.3 Å². The molecule has 0 aromatic carbocycles. The summed E-state index contributed by atoms with van der Waals surface area (Å²) in [4.78, 5) is 28.0. The van der Waals surface area contributed by atoms with Gasteiger partial charge in [-0.3, -0.25) is 9.59 Å². The maximum atomic E-state index is 12.5. The molecule has 18 heavy (non-hydrogen) atoms. The Morgan fingerprint density at radius 3 is 2.83 bits per heavy atom. The summed E-state index contributed by atoms with van der Waals surface area (Å²) in [7, 11) is 0. The molecule has 2 rings (SSSR count). The fraction of sp³-hybridized carbons (Fsp3) is 0.833. The molecule has 0 radical (unpaired) electrons. The van der Waals surface area contributed by atoms with Crippen molar-refractivity contribution < 1.29 is 9.59 Å². The third kappa shape index (κ3) is 2.64. The lowest BCUT2D eigenvalue weighted by Crippen LogP contribution is -2.57. The van der Waals surface area contributed by atoms with Crippen LogP contribution in [0.25, 0.3) is 0 Å². The number of thioether (sulfide) groups is 1. The molecule has 0 aromatic heterocycles. The lowest BCUT2D eigenvalue weighted by molar-refractivity contribution is -0.145. The SMILES string of the molecule is CCC(=O)N1CSCC1C(=O)N1CCNC[C@@H]1C. The van der Waals surface area contributed by atoms with Gasteiger partial charge in [-0.2, -0.15) is 0 Å². The first-order valence-electron chi connectivity index (χ1n) is 6.53. The van der Waals surface area contributed by atoms with E-state index in [1.165, 1.54) is 0 Å². The fourth-order valence-electron chi connectivity index (χ4n) is 2.46. The molecule has 2 amide bonds. The standard InChI is InChI=1S/C12H21N3O2S/c1-3-11(16)15-8-18-7-10(15)12(17)14-5-4-13-6-9(14)2/h9-10,13H,3-8H2,1-2H3/t9-,10?/m0/s1. The summed E-state index contributed by atoms with van der Waals surface area (Å²) in [5, 5.41) is 3.28. The Kier molecular flexibility index (Phi) is 4.50. The summed E-state index contributed by atoms with van der Waals surface area (Å²) >= 11 is 1.67. The average molecular weight is 271 g/mol. The van der Waals surface area contributed by atoms with Gasteiger partial charge in [0.15, 0.2) is 0 Å². The zero-order chi connectivity index (χ0) is 13.1. The molecule has 1 unspecified atom stereocenters. The maximum Gasteiger partial charge on any atom is 0.246 e. The van der Waals surface area contributed by atoms with Crippen LogP contribution in [0.5, 0.6) is 0 Å². The van der Waals surface area contributed by atoms with Crippen molar-refractivity contribution in [2.45, 2.75) is 32.4 Å². The summed E-state index contributed by atoms with van der Waals surface area (Å²) < 4.78 is 0. The summed E-state index contributed by atoms with van der Waals surface area (Å²) in [5.74, 6) is 1.60. The van der Waals surface area contributed by atoms with Crippen LogP contribution < -0.4 is 5.32 Å². The molecule has 1 N–H and O–H groups in total. The quantitative estimate of drug-likeness (QED) is 0.775. The smallest absolute Gasteiger partial charge is 0.246 e. The first-order valence-corrected chi connectivity index (χ1v) is 7.69. The first kappa shape index (κ1) is 13.7. The maximum absolute atomic E-state index is 12.5. The van der Waals surface area contributed by atoms with E-state index in [-0.39, 0.29) is 23.9 Å². The first-order chi connectivity index (χ1) is 8.65. The predicted octanol–water partition coefficient (Wildman–Crippen LogP) is 0.118. The molecule has 2 aliphatic heterocycles. The zero-order valence-electron chi connectivity index (χ0n) is 11.0. The second-order valence-corrected chi connectivity index (χ2v) is 5.82. The molecule has 0 bridgehead atoms. The molecule has 102 valence electrons. The van der Waals surface area contributed by atoms with Crippen LogP contribution in [0.4, 0.5) is 0 Å². The molecule has 2 atom stereocenters. The van der Waals surface area contributed by atoms with Gasteiger partial charge in [0, 0.05) is 37.8 Å². The highest BCUT2D eigenvalue weighted by molar-refractivity contribution is 7.99. The summed E-state index contributed by atoms with van der Waals surface area (Å²) in [5.41, 5.74) is 0. The number of nitrogens with one attached hydrogen (secondary N) is 1. The molecule has 0 aliphatic carbocycles. The summed E-state index contributed by atoms with van der Waals surface area (Å²) in [6, 6.07) is -0.0292. The number of carbonyl (C=O) groups is 2. The number of piperazine rings is 1. The molecule has 2 heterocycles. The van der Waals surface area contributed by atoms with Crippen LogP contribution in [-0.4, -0.2) is 65.0 Å². The van der Waals surface area contributed by atoms with Crippen LogP contribution in [0.15, 0.2) is 0 Å². The number of hydrogen-bond donors (Lipinski definition) is 1. The van der Waals surface area contributed by atoms with Crippen LogP contribution in [0, 0.1) is 0 Å². The van der Waals surface area contributed by atoms with E-state index >= 15 is 0 Å². The summed E-state index contributed by atoms with van der Waals surface area (Å²) in [6.07, 6.45) is 0.474. The number of nitrogens with zero attached hydrogens (tertiary/aromatic N) is 2. The zero-order valence-corrected chi connectivity index (χ0v) is 11.8.